The molecule has 0 spiro atoms. The highest BCUT2D eigenvalue weighted by atomic mass is 19.4. The summed E-state index contributed by atoms with van der Waals surface area (Å²) in [6.45, 7) is -0.235. The molecule has 0 unspecified atom stereocenters. The van der Waals surface area contributed by atoms with E-state index in [9.17, 15) is 13.2 Å². The number of nitrogens with two attached hydrogens (primary N) is 1. The summed E-state index contributed by atoms with van der Waals surface area (Å²) in [5.41, 5.74) is 4.34. The van der Waals surface area contributed by atoms with Crippen molar-refractivity contribution in [2.75, 3.05) is 0 Å². The van der Waals surface area contributed by atoms with Crippen molar-refractivity contribution in [2.45, 2.75) is 50.9 Å². The molecule has 0 aromatic carbocycles. The van der Waals surface area contributed by atoms with E-state index in [0.717, 1.165) is 36.8 Å². The molecule has 0 saturated heterocycles. The van der Waals surface area contributed by atoms with E-state index in [2.05, 4.69) is 10.3 Å². The first-order chi connectivity index (χ1) is 8.04. The number of halogens is 3. The molecular weight excluding hydrogens is 233 g/mol. The van der Waals surface area contributed by atoms with E-state index in [1.807, 2.05) is 0 Å². The van der Waals surface area contributed by atoms with E-state index in [0.29, 0.717) is 0 Å². The fourth-order valence-corrected chi connectivity index (χ4v) is 2.34. The predicted molar refractivity (Wildman–Crippen MR) is 55.0 cm³/mol. The van der Waals surface area contributed by atoms with Crippen molar-refractivity contribution >= 4 is 0 Å². The van der Waals surface area contributed by atoms with E-state index in [1.165, 1.54) is 0 Å². The standard InChI is InChI=1S/C10H15F3N4/c11-10(12,13)9-8(6-14)15-16-17(9)7-4-2-1-3-5-7/h7H,1-6,14H2. The summed E-state index contributed by atoms with van der Waals surface area (Å²) in [6.07, 6.45) is -0.00158. The topological polar surface area (TPSA) is 56.7 Å². The second kappa shape index (κ2) is 4.64. The van der Waals surface area contributed by atoms with Gasteiger partial charge in [0.25, 0.3) is 0 Å². The number of rotatable bonds is 2. The van der Waals surface area contributed by atoms with Gasteiger partial charge in [0.2, 0.25) is 0 Å². The van der Waals surface area contributed by atoms with Gasteiger partial charge in [0.05, 0.1) is 6.04 Å². The molecule has 2 rings (SSSR count). The molecule has 0 bridgehead atoms. The third-order valence-electron chi connectivity index (χ3n) is 3.15. The van der Waals surface area contributed by atoms with Gasteiger partial charge < -0.3 is 5.73 Å². The minimum absolute atomic E-state index is 0.164. The molecule has 0 atom stereocenters. The zero-order valence-corrected chi connectivity index (χ0v) is 9.37. The van der Waals surface area contributed by atoms with Crippen LogP contribution in [0.1, 0.15) is 49.5 Å². The van der Waals surface area contributed by atoms with Crippen LogP contribution in [0.5, 0.6) is 0 Å². The van der Waals surface area contributed by atoms with Gasteiger partial charge in [-0.15, -0.1) is 5.10 Å². The minimum Gasteiger partial charge on any atom is -0.325 e. The van der Waals surface area contributed by atoms with E-state index in [1.54, 1.807) is 0 Å². The van der Waals surface area contributed by atoms with Crippen LogP contribution >= 0.6 is 0 Å². The van der Waals surface area contributed by atoms with Crippen molar-refractivity contribution in [3.05, 3.63) is 11.4 Å². The number of alkyl halides is 3. The maximum absolute atomic E-state index is 12.9. The lowest BCUT2D eigenvalue weighted by Gasteiger charge is -2.23. The van der Waals surface area contributed by atoms with Crippen LogP contribution in [0.2, 0.25) is 0 Å². The second-order valence-electron chi connectivity index (χ2n) is 4.32. The highest BCUT2D eigenvalue weighted by molar-refractivity contribution is 5.14. The summed E-state index contributed by atoms with van der Waals surface area (Å²) in [7, 11) is 0. The quantitative estimate of drug-likeness (QED) is 0.873. The largest absolute Gasteiger partial charge is 0.434 e. The van der Waals surface area contributed by atoms with Gasteiger partial charge in [0.15, 0.2) is 5.69 Å². The molecule has 1 heterocycles. The Morgan fingerprint density at radius 2 is 1.88 bits per heavy atom. The molecule has 1 saturated carbocycles. The normalized spacial score (nSPS) is 18.6. The highest BCUT2D eigenvalue weighted by Gasteiger charge is 2.40. The van der Waals surface area contributed by atoms with Gasteiger partial charge in [-0.05, 0) is 12.8 Å². The van der Waals surface area contributed by atoms with Crippen molar-refractivity contribution < 1.29 is 13.2 Å². The first-order valence-corrected chi connectivity index (χ1v) is 5.75. The van der Waals surface area contributed by atoms with Crippen molar-refractivity contribution in [1.29, 1.82) is 0 Å². The van der Waals surface area contributed by atoms with Gasteiger partial charge in [-0.3, -0.25) is 0 Å². The van der Waals surface area contributed by atoms with E-state index >= 15 is 0 Å². The third kappa shape index (κ3) is 2.43. The molecule has 0 radical (unpaired) electrons. The van der Waals surface area contributed by atoms with Crippen LogP contribution in [-0.4, -0.2) is 15.0 Å². The molecule has 96 valence electrons. The molecule has 7 heteroatoms. The molecule has 1 aromatic heterocycles. The first-order valence-electron chi connectivity index (χ1n) is 5.75. The number of nitrogens with zero attached hydrogens (tertiary/aromatic N) is 3. The second-order valence-corrected chi connectivity index (χ2v) is 4.32. The van der Waals surface area contributed by atoms with E-state index < -0.39 is 11.9 Å². The number of aromatic nitrogens is 3. The maximum atomic E-state index is 12.9. The Kier molecular flexibility index (Phi) is 3.37. The van der Waals surface area contributed by atoms with Gasteiger partial charge in [0, 0.05) is 6.54 Å². The van der Waals surface area contributed by atoms with Crippen LogP contribution in [0.3, 0.4) is 0 Å². The molecule has 1 aromatic rings. The van der Waals surface area contributed by atoms with Gasteiger partial charge in [-0.2, -0.15) is 13.2 Å². The molecule has 0 amide bonds. The number of hydrogen-bond acceptors (Lipinski definition) is 3. The Hall–Kier alpha value is -1.11. The van der Waals surface area contributed by atoms with E-state index in [-0.39, 0.29) is 18.3 Å². The fraction of sp³-hybridized carbons (Fsp3) is 0.800. The van der Waals surface area contributed by atoms with Gasteiger partial charge in [-0.25, -0.2) is 4.68 Å². The molecule has 1 aliphatic rings. The summed E-state index contributed by atoms with van der Waals surface area (Å²) in [5.74, 6) is 0. The maximum Gasteiger partial charge on any atom is 0.434 e. The fourth-order valence-electron chi connectivity index (χ4n) is 2.34. The van der Waals surface area contributed by atoms with Crippen LogP contribution in [0.4, 0.5) is 13.2 Å². The molecule has 17 heavy (non-hydrogen) atoms. The lowest BCUT2D eigenvalue weighted by molar-refractivity contribution is -0.145. The molecule has 2 N–H and O–H groups in total. The minimum atomic E-state index is -4.43. The van der Waals surface area contributed by atoms with Crippen molar-refractivity contribution in [1.82, 2.24) is 15.0 Å². The SMILES string of the molecule is NCc1nnn(C2CCCCC2)c1C(F)(F)F. The summed E-state index contributed by atoms with van der Waals surface area (Å²) in [4.78, 5) is 0. The summed E-state index contributed by atoms with van der Waals surface area (Å²) in [6, 6.07) is -0.187. The summed E-state index contributed by atoms with van der Waals surface area (Å²) >= 11 is 0. The van der Waals surface area contributed by atoms with Crippen LogP contribution < -0.4 is 5.73 Å². The predicted octanol–water partition coefficient (Wildman–Crippen LogP) is 2.26. The lowest BCUT2D eigenvalue weighted by Crippen LogP contribution is -2.22. The molecule has 1 aliphatic carbocycles. The Bertz CT molecular complexity index is 379. The van der Waals surface area contributed by atoms with Crippen molar-refractivity contribution in [2.24, 2.45) is 5.73 Å². The van der Waals surface area contributed by atoms with Crippen LogP contribution in [0.15, 0.2) is 0 Å². The Balaban J connectivity index is 2.36. The highest BCUT2D eigenvalue weighted by Crippen LogP contribution is 2.36. The van der Waals surface area contributed by atoms with Crippen molar-refractivity contribution in [3.63, 3.8) is 0 Å². The Morgan fingerprint density at radius 1 is 1.24 bits per heavy atom. The third-order valence-corrected chi connectivity index (χ3v) is 3.15. The van der Waals surface area contributed by atoms with Gasteiger partial charge in [0.1, 0.15) is 5.69 Å². The average molecular weight is 248 g/mol. The lowest BCUT2D eigenvalue weighted by atomic mass is 9.95. The average Bonchev–Trinajstić information content (AvgIpc) is 2.73. The van der Waals surface area contributed by atoms with Crippen molar-refractivity contribution in [3.8, 4) is 0 Å². The first kappa shape index (κ1) is 12.3. The molecule has 4 nitrogen and oxygen atoms in total. The Labute approximate surface area is 97.0 Å². The smallest absolute Gasteiger partial charge is 0.325 e. The van der Waals surface area contributed by atoms with E-state index in [4.69, 9.17) is 5.73 Å². The zero-order valence-electron chi connectivity index (χ0n) is 9.37. The molecular formula is C10H15F3N4. The number of hydrogen-bond donors (Lipinski definition) is 1. The monoisotopic (exact) mass is 248 g/mol. The van der Waals surface area contributed by atoms with Crippen LogP contribution in [-0.2, 0) is 12.7 Å². The van der Waals surface area contributed by atoms with Crippen LogP contribution in [0.25, 0.3) is 0 Å². The van der Waals surface area contributed by atoms with Gasteiger partial charge in [-0.1, -0.05) is 24.5 Å². The van der Waals surface area contributed by atoms with Crippen LogP contribution in [0, 0.1) is 0 Å². The molecule has 0 aliphatic heterocycles. The van der Waals surface area contributed by atoms with Gasteiger partial charge >= 0.3 is 6.18 Å². The molecule has 1 fully saturated rings. The zero-order chi connectivity index (χ0) is 12.5. The Morgan fingerprint density at radius 3 is 2.41 bits per heavy atom. The summed E-state index contributed by atoms with van der Waals surface area (Å²) in [5, 5.41) is 7.19. The summed E-state index contributed by atoms with van der Waals surface area (Å²) < 4.78 is 39.8.